The summed E-state index contributed by atoms with van der Waals surface area (Å²) < 4.78 is 14.9. The second-order valence-electron chi connectivity index (χ2n) is 6.97. The van der Waals surface area contributed by atoms with Crippen LogP contribution in [0.2, 0.25) is 0 Å². The minimum atomic E-state index is -0.356. The fourth-order valence-corrected chi connectivity index (χ4v) is 5.50. The summed E-state index contributed by atoms with van der Waals surface area (Å²) in [6, 6.07) is 5.81. The Morgan fingerprint density at radius 1 is 1.14 bits per heavy atom. The summed E-state index contributed by atoms with van der Waals surface area (Å²) in [4.78, 5) is 33.0. The van der Waals surface area contributed by atoms with E-state index in [-0.39, 0.29) is 23.0 Å². The molecule has 0 spiro atoms. The van der Waals surface area contributed by atoms with Gasteiger partial charge in [0, 0.05) is 25.3 Å². The first-order chi connectivity index (χ1) is 13.6. The number of hydrogen-bond donors (Lipinski definition) is 0. The van der Waals surface area contributed by atoms with Gasteiger partial charge in [0.05, 0.1) is 22.0 Å². The third kappa shape index (κ3) is 4.12. The maximum absolute atomic E-state index is 13.4. The highest BCUT2D eigenvalue weighted by molar-refractivity contribution is 8.00. The zero-order valence-corrected chi connectivity index (χ0v) is 17.2. The van der Waals surface area contributed by atoms with Crippen LogP contribution in [-0.2, 0) is 11.2 Å². The lowest BCUT2D eigenvalue weighted by atomic mass is 10.2. The number of halogens is 1. The summed E-state index contributed by atoms with van der Waals surface area (Å²) in [5, 5.41) is 0.501. The Balaban J connectivity index is 1.62. The molecule has 2 aromatic rings. The van der Waals surface area contributed by atoms with E-state index < -0.39 is 0 Å². The first-order valence-corrected chi connectivity index (χ1v) is 11.6. The summed E-state index contributed by atoms with van der Waals surface area (Å²) in [6.07, 6.45) is 5.19. The molecule has 1 amide bonds. The van der Waals surface area contributed by atoms with E-state index in [0.29, 0.717) is 15.7 Å². The second kappa shape index (κ2) is 8.69. The Morgan fingerprint density at radius 2 is 1.86 bits per heavy atom. The molecule has 1 fully saturated rings. The van der Waals surface area contributed by atoms with Gasteiger partial charge in [0.25, 0.3) is 5.56 Å². The van der Waals surface area contributed by atoms with Crippen molar-refractivity contribution in [1.82, 2.24) is 14.5 Å². The van der Waals surface area contributed by atoms with E-state index >= 15 is 0 Å². The van der Waals surface area contributed by atoms with E-state index in [9.17, 15) is 14.0 Å². The van der Waals surface area contributed by atoms with Crippen LogP contribution in [0, 0.1) is 5.82 Å². The van der Waals surface area contributed by atoms with E-state index in [1.54, 1.807) is 12.1 Å². The predicted molar refractivity (Wildman–Crippen MR) is 110 cm³/mol. The van der Waals surface area contributed by atoms with Gasteiger partial charge in [-0.2, -0.15) is 0 Å². The summed E-state index contributed by atoms with van der Waals surface area (Å²) in [6.45, 7) is 1.61. The molecule has 1 aromatic carbocycles. The first-order valence-electron chi connectivity index (χ1n) is 9.59. The van der Waals surface area contributed by atoms with E-state index in [2.05, 4.69) is 4.98 Å². The molecule has 8 heteroatoms. The molecular weight excluding hydrogens is 397 g/mol. The molecule has 3 heterocycles. The second-order valence-corrected chi connectivity index (χ2v) is 9.02. The number of carbonyl (C=O) groups excluding carboxylic acids is 1. The average molecular weight is 420 g/mol. The van der Waals surface area contributed by atoms with Crippen LogP contribution in [0.5, 0.6) is 0 Å². The summed E-state index contributed by atoms with van der Waals surface area (Å²) in [5.41, 5.74) is 1.24. The molecule has 0 aliphatic carbocycles. The number of carbonyl (C=O) groups is 1. The van der Waals surface area contributed by atoms with Crippen molar-refractivity contribution in [3.05, 3.63) is 46.1 Å². The molecule has 0 radical (unpaired) electrons. The summed E-state index contributed by atoms with van der Waals surface area (Å²) in [5.74, 6) is 0.814. The molecule has 5 nitrogen and oxygen atoms in total. The molecule has 2 aliphatic heterocycles. The minimum Gasteiger partial charge on any atom is -0.342 e. The maximum atomic E-state index is 13.4. The van der Waals surface area contributed by atoms with Gasteiger partial charge in [-0.3, -0.25) is 14.2 Å². The van der Waals surface area contributed by atoms with Crippen molar-refractivity contribution >= 4 is 29.4 Å². The van der Waals surface area contributed by atoms with Crippen molar-refractivity contribution in [1.29, 1.82) is 0 Å². The van der Waals surface area contributed by atoms with Gasteiger partial charge in [-0.1, -0.05) is 24.6 Å². The van der Waals surface area contributed by atoms with Gasteiger partial charge in [-0.15, -0.1) is 11.8 Å². The van der Waals surface area contributed by atoms with Crippen LogP contribution in [0.3, 0.4) is 0 Å². The Morgan fingerprint density at radius 3 is 2.57 bits per heavy atom. The van der Waals surface area contributed by atoms with Crippen molar-refractivity contribution in [2.24, 2.45) is 0 Å². The maximum Gasteiger partial charge on any atom is 0.272 e. The van der Waals surface area contributed by atoms with Gasteiger partial charge in [0.2, 0.25) is 5.91 Å². The summed E-state index contributed by atoms with van der Waals surface area (Å²) >= 11 is 2.80. The molecule has 4 rings (SSSR count). The van der Waals surface area contributed by atoms with Crippen LogP contribution in [0.25, 0.3) is 5.69 Å². The molecule has 1 aromatic heterocycles. The fourth-order valence-electron chi connectivity index (χ4n) is 3.54. The van der Waals surface area contributed by atoms with Gasteiger partial charge in [0.1, 0.15) is 5.82 Å². The lowest BCUT2D eigenvalue weighted by Gasteiger charge is -2.20. The molecule has 0 bridgehead atoms. The molecule has 0 atom stereocenters. The fraction of sp³-hybridized carbons (Fsp3) is 0.450. The number of amides is 1. The number of hydrogen-bond acceptors (Lipinski definition) is 5. The standard InChI is InChI=1S/C20H22FN3O2S2/c21-14-5-7-15(8-6-14)24-19(26)18-16(9-12-27-18)22-20(24)28-13-17(25)23-10-3-1-2-4-11-23/h5-8H,1-4,9-13H2. The van der Waals surface area contributed by atoms with Gasteiger partial charge >= 0.3 is 0 Å². The molecule has 0 N–H and O–H groups in total. The van der Waals surface area contributed by atoms with Crippen molar-refractivity contribution in [3.8, 4) is 5.69 Å². The van der Waals surface area contributed by atoms with Crippen LogP contribution in [-0.4, -0.2) is 45.0 Å². The number of aromatic nitrogens is 2. The molecule has 2 aliphatic rings. The highest BCUT2D eigenvalue weighted by atomic mass is 32.2. The van der Waals surface area contributed by atoms with Crippen molar-refractivity contribution in [2.75, 3.05) is 24.6 Å². The van der Waals surface area contributed by atoms with E-state index in [0.717, 1.165) is 43.8 Å². The number of rotatable bonds is 4. The van der Waals surface area contributed by atoms with Gasteiger partial charge in [0.15, 0.2) is 5.16 Å². The van der Waals surface area contributed by atoms with E-state index in [1.807, 2.05) is 4.90 Å². The third-order valence-electron chi connectivity index (χ3n) is 5.03. The number of fused-ring (bicyclic) bond motifs is 1. The Bertz CT molecular complexity index is 922. The van der Waals surface area contributed by atoms with Crippen molar-refractivity contribution in [3.63, 3.8) is 0 Å². The average Bonchev–Trinajstić information content (AvgIpc) is 3.00. The molecule has 28 heavy (non-hydrogen) atoms. The van der Waals surface area contributed by atoms with Crippen LogP contribution in [0.1, 0.15) is 31.4 Å². The van der Waals surface area contributed by atoms with Crippen LogP contribution in [0.15, 0.2) is 39.1 Å². The highest BCUT2D eigenvalue weighted by Crippen LogP contribution is 2.30. The molecule has 0 unspecified atom stereocenters. The largest absolute Gasteiger partial charge is 0.342 e. The number of benzene rings is 1. The van der Waals surface area contributed by atoms with Crippen LogP contribution >= 0.6 is 23.5 Å². The van der Waals surface area contributed by atoms with Gasteiger partial charge in [-0.25, -0.2) is 9.37 Å². The van der Waals surface area contributed by atoms with E-state index in [4.69, 9.17) is 0 Å². The molecule has 1 saturated heterocycles. The van der Waals surface area contributed by atoms with Crippen molar-refractivity contribution < 1.29 is 9.18 Å². The monoisotopic (exact) mass is 419 g/mol. The smallest absolute Gasteiger partial charge is 0.272 e. The predicted octanol–water partition coefficient (Wildman–Crippen LogP) is 3.51. The van der Waals surface area contributed by atoms with Gasteiger partial charge < -0.3 is 4.90 Å². The SMILES string of the molecule is O=C(CSc1nc2c(c(=O)n1-c1ccc(F)cc1)SCC2)N1CCCCCC1. The molecular formula is C20H22FN3O2S2. The lowest BCUT2D eigenvalue weighted by molar-refractivity contribution is -0.128. The highest BCUT2D eigenvalue weighted by Gasteiger charge is 2.24. The number of thioether (sulfide) groups is 2. The first kappa shape index (κ1) is 19.5. The van der Waals surface area contributed by atoms with Gasteiger partial charge in [-0.05, 0) is 37.1 Å². The lowest BCUT2D eigenvalue weighted by Crippen LogP contribution is -2.33. The van der Waals surface area contributed by atoms with E-state index in [1.165, 1.54) is 53.1 Å². The minimum absolute atomic E-state index is 0.0849. The summed E-state index contributed by atoms with van der Waals surface area (Å²) in [7, 11) is 0. The third-order valence-corrected chi connectivity index (χ3v) is 7.07. The topological polar surface area (TPSA) is 55.2 Å². The Kier molecular flexibility index (Phi) is 6.06. The number of aryl methyl sites for hydroxylation is 1. The molecule has 148 valence electrons. The van der Waals surface area contributed by atoms with Crippen LogP contribution < -0.4 is 5.56 Å². The van der Waals surface area contributed by atoms with Crippen LogP contribution in [0.4, 0.5) is 4.39 Å². The Hall–Kier alpha value is -1.80. The number of nitrogens with zero attached hydrogens (tertiary/aromatic N) is 3. The quantitative estimate of drug-likeness (QED) is 0.561. The normalized spacial score (nSPS) is 16.7. The van der Waals surface area contributed by atoms with Crippen molar-refractivity contribution in [2.45, 2.75) is 42.2 Å². The zero-order chi connectivity index (χ0) is 19.5. The Labute approximate surface area is 171 Å². The zero-order valence-electron chi connectivity index (χ0n) is 15.5. The number of likely N-dealkylation sites (tertiary alicyclic amines) is 1. The molecule has 0 saturated carbocycles.